The van der Waals surface area contributed by atoms with Gasteiger partial charge in [0.1, 0.15) is 11.4 Å². The Hall–Kier alpha value is -2.46. The molecule has 0 unspecified atom stereocenters. The van der Waals surface area contributed by atoms with Crippen molar-refractivity contribution in [2.24, 2.45) is 0 Å². The van der Waals surface area contributed by atoms with Crippen LogP contribution in [0.5, 0.6) is 5.75 Å². The van der Waals surface area contributed by atoms with E-state index in [0.717, 1.165) is 41.1 Å². The van der Waals surface area contributed by atoms with Crippen LogP contribution < -0.4 is 20.5 Å². The molecule has 1 aliphatic rings. The molecule has 0 saturated carbocycles. The van der Waals surface area contributed by atoms with Crippen molar-refractivity contribution < 1.29 is 9.53 Å². The third-order valence-electron chi connectivity index (χ3n) is 4.78. The lowest BCUT2D eigenvalue weighted by Crippen LogP contribution is -2.30. The van der Waals surface area contributed by atoms with Crippen molar-refractivity contribution in [2.45, 2.75) is 25.8 Å². The number of fused-ring (bicyclic) bond motifs is 1. The molecule has 1 aliphatic heterocycles. The van der Waals surface area contributed by atoms with Gasteiger partial charge in [-0.25, -0.2) is 0 Å². The first-order valence-electron chi connectivity index (χ1n) is 9.31. The van der Waals surface area contributed by atoms with E-state index in [4.69, 9.17) is 4.74 Å². The Kier molecular flexibility index (Phi) is 5.81. The van der Waals surface area contributed by atoms with Crippen LogP contribution in [0.3, 0.4) is 0 Å². The van der Waals surface area contributed by atoms with Gasteiger partial charge in [-0.2, -0.15) is 9.50 Å². The average Bonchev–Trinajstić information content (AvgIpc) is 3.16. The fourth-order valence-corrected chi connectivity index (χ4v) is 4.70. The number of halogens is 1. The topological polar surface area (TPSA) is 88.8 Å². The van der Waals surface area contributed by atoms with Crippen LogP contribution in [0.4, 0.5) is 5.13 Å². The molecule has 0 radical (unpaired) electrons. The molecule has 152 valence electrons. The SMILES string of the molecule is COc1ccc(Br)cc1CNC(=O)c1cc(=O)nc2sc(N3CCCCC3)nn12. The molecule has 0 aliphatic carbocycles. The van der Waals surface area contributed by atoms with E-state index in [-0.39, 0.29) is 12.2 Å². The normalized spacial score (nSPS) is 14.2. The molecule has 1 N–H and O–H groups in total. The van der Waals surface area contributed by atoms with Crippen LogP contribution in [0.25, 0.3) is 4.96 Å². The van der Waals surface area contributed by atoms with Crippen molar-refractivity contribution in [1.29, 1.82) is 0 Å². The zero-order chi connectivity index (χ0) is 20.4. The molecule has 0 spiro atoms. The number of nitrogens with one attached hydrogen (secondary N) is 1. The van der Waals surface area contributed by atoms with Gasteiger partial charge in [0.05, 0.1) is 7.11 Å². The molecule has 1 fully saturated rings. The number of anilines is 1. The Morgan fingerprint density at radius 2 is 2.07 bits per heavy atom. The summed E-state index contributed by atoms with van der Waals surface area (Å²) in [6.07, 6.45) is 3.44. The zero-order valence-electron chi connectivity index (χ0n) is 15.9. The summed E-state index contributed by atoms with van der Waals surface area (Å²) in [5.41, 5.74) is 0.539. The lowest BCUT2D eigenvalue weighted by Gasteiger charge is -2.25. The minimum Gasteiger partial charge on any atom is -0.496 e. The number of hydrogen-bond acceptors (Lipinski definition) is 7. The van der Waals surface area contributed by atoms with Gasteiger partial charge in [0.25, 0.3) is 11.5 Å². The Morgan fingerprint density at radius 3 is 2.83 bits per heavy atom. The molecule has 1 aromatic carbocycles. The number of ether oxygens (including phenoxy) is 1. The molecule has 1 amide bonds. The minimum atomic E-state index is -0.455. The molecule has 10 heteroatoms. The van der Waals surface area contributed by atoms with Crippen LogP contribution in [0.1, 0.15) is 35.3 Å². The molecule has 0 bridgehead atoms. The number of hydrogen-bond donors (Lipinski definition) is 1. The maximum absolute atomic E-state index is 12.9. The van der Waals surface area contributed by atoms with E-state index in [0.29, 0.717) is 10.7 Å². The lowest BCUT2D eigenvalue weighted by atomic mass is 10.1. The van der Waals surface area contributed by atoms with Crippen molar-refractivity contribution in [2.75, 3.05) is 25.1 Å². The first-order valence-corrected chi connectivity index (χ1v) is 10.9. The quantitative estimate of drug-likeness (QED) is 0.607. The maximum atomic E-state index is 12.9. The summed E-state index contributed by atoms with van der Waals surface area (Å²) in [6, 6.07) is 6.80. The maximum Gasteiger partial charge on any atom is 0.274 e. The molecule has 8 nitrogen and oxygen atoms in total. The van der Waals surface area contributed by atoms with Gasteiger partial charge in [-0.1, -0.05) is 27.3 Å². The van der Waals surface area contributed by atoms with Crippen molar-refractivity contribution >= 4 is 43.3 Å². The molecule has 3 heterocycles. The van der Waals surface area contributed by atoms with E-state index in [1.54, 1.807) is 7.11 Å². The molecule has 3 aromatic rings. The Morgan fingerprint density at radius 1 is 1.28 bits per heavy atom. The van der Waals surface area contributed by atoms with Crippen LogP contribution >= 0.6 is 27.3 Å². The van der Waals surface area contributed by atoms with Crippen LogP contribution in [0.15, 0.2) is 33.5 Å². The van der Waals surface area contributed by atoms with E-state index in [9.17, 15) is 9.59 Å². The van der Waals surface area contributed by atoms with Crippen molar-refractivity contribution in [3.05, 3.63) is 50.3 Å². The summed E-state index contributed by atoms with van der Waals surface area (Å²) in [7, 11) is 1.58. The number of methoxy groups -OCH3 is 1. The average molecular weight is 478 g/mol. The number of piperidine rings is 1. The molecular weight excluding hydrogens is 458 g/mol. The summed E-state index contributed by atoms with van der Waals surface area (Å²) in [5, 5.41) is 8.20. The highest BCUT2D eigenvalue weighted by Gasteiger charge is 2.20. The Bertz CT molecular complexity index is 1110. The smallest absolute Gasteiger partial charge is 0.274 e. The number of carbonyl (C=O) groups excluding carboxylic acids is 1. The highest BCUT2D eigenvalue weighted by Crippen LogP contribution is 2.26. The Balaban J connectivity index is 1.61. The highest BCUT2D eigenvalue weighted by molar-refractivity contribution is 9.10. The van der Waals surface area contributed by atoms with Gasteiger partial charge in [0, 0.05) is 35.7 Å². The monoisotopic (exact) mass is 477 g/mol. The second-order valence-corrected chi connectivity index (χ2v) is 8.60. The van der Waals surface area contributed by atoms with E-state index in [1.807, 2.05) is 18.2 Å². The molecular formula is C19H20BrN5O3S. The zero-order valence-corrected chi connectivity index (χ0v) is 18.3. The molecule has 1 saturated heterocycles. The van der Waals surface area contributed by atoms with E-state index in [1.165, 1.54) is 28.3 Å². The highest BCUT2D eigenvalue weighted by atomic mass is 79.9. The predicted molar refractivity (Wildman–Crippen MR) is 115 cm³/mol. The first-order chi connectivity index (χ1) is 14.0. The third-order valence-corrected chi connectivity index (χ3v) is 6.25. The van der Waals surface area contributed by atoms with Gasteiger partial charge in [-0.15, -0.1) is 5.10 Å². The molecule has 4 rings (SSSR count). The summed E-state index contributed by atoms with van der Waals surface area (Å²) in [5.74, 6) is 0.281. The summed E-state index contributed by atoms with van der Waals surface area (Å²) in [6.45, 7) is 2.10. The number of rotatable bonds is 5. The number of aromatic nitrogens is 3. The van der Waals surface area contributed by atoms with Gasteiger partial charge < -0.3 is 15.0 Å². The predicted octanol–water partition coefficient (Wildman–Crippen LogP) is 2.84. The number of amides is 1. The fourth-order valence-electron chi connectivity index (χ4n) is 3.33. The standard InChI is InChI=1S/C19H20BrN5O3S/c1-28-15-6-5-13(20)9-12(15)11-21-17(27)14-10-16(26)22-18-25(14)23-19(29-18)24-7-3-2-4-8-24/h5-6,9-10H,2-4,7-8,11H2,1H3,(H,21,27). The van der Waals surface area contributed by atoms with Crippen LogP contribution in [-0.2, 0) is 6.54 Å². The van der Waals surface area contributed by atoms with E-state index < -0.39 is 11.5 Å². The summed E-state index contributed by atoms with van der Waals surface area (Å²) >= 11 is 4.76. The van der Waals surface area contributed by atoms with Gasteiger partial charge in [0.2, 0.25) is 10.1 Å². The van der Waals surface area contributed by atoms with Crippen LogP contribution in [-0.4, -0.2) is 40.7 Å². The number of benzene rings is 1. The van der Waals surface area contributed by atoms with E-state index in [2.05, 4.69) is 36.2 Å². The van der Waals surface area contributed by atoms with Gasteiger partial charge in [-0.3, -0.25) is 9.59 Å². The van der Waals surface area contributed by atoms with Crippen LogP contribution in [0, 0.1) is 0 Å². The van der Waals surface area contributed by atoms with Crippen molar-refractivity contribution in [1.82, 2.24) is 19.9 Å². The second kappa shape index (κ2) is 8.50. The minimum absolute atomic E-state index is 0.175. The van der Waals surface area contributed by atoms with Crippen LogP contribution in [0.2, 0.25) is 0 Å². The summed E-state index contributed by atoms with van der Waals surface area (Å²) < 4.78 is 7.69. The Labute approximate surface area is 179 Å². The number of nitrogens with zero attached hydrogens (tertiary/aromatic N) is 4. The summed E-state index contributed by atoms with van der Waals surface area (Å²) in [4.78, 5) is 31.5. The first kappa shape index (κ1) is 19.8. The number of carbonyl (C=O) groups is 1. The second-order valence-electron chi connectivity index (χ2n) is 6.75. The van der Waals surface area contributed by atoms with E-state index >= 15 is 0 Å². The molecule has 2 aromatic heterocycles. The fraction of sp³-hybridized carbons (Fsp3) is 0.368. The van der Waals surface area contributed by atoms with Crippen molar-refractivity contribution in [3.8, 4) is 5.75 Å². The largest absolute Gasteiger partial charge is 0.496 e. The lowest BCUT2D eigenvalue weighted by molar-refractivity contribution is 0.0943. The van der Waals surface area contributed by atoms with Gasteiger partial charge in [0.15, 0.2) is 0 Å². The molecule has 29 heavy (non-hydrogen) atoms. The van der Waals surface area contributed by atoms with Gasteiger partial charge in [-0.05, 0) is 37.5 Å². The van der Waals surface area contributed by atoms with Gasteiger partial charge >= 0.3 is 0 Å². The molecule has 0 atom stereocenters. The van der Waals surface area contributed by atoms with Crippen molar-refractivity contribution in [3.63, 3.8) is 0 Å². The third kappa shape index (κ3) is 4.27.